The lowest BCUT2D eigenvalue weighted by Crippen LogP contribution is -2.21. The quantitative estimate of drug-likeness (QED) is 0.856. The van der Waals surface area contributed by atoms with Gasteiger partial charge in [-0.1, -0.05) is 41.9 Å². The molecule has 0 spiro atoms. The van der Waals surface area contributed by atoms with Crippen molar-refractivity contribution in [3.8, 4) is 0 Å². The lowest BCUT2D eigenvalue weighted by molar-refractivity contribution is 0.574. The van der Waals surface area contributed by atoms with Gasteiger partial charge in [0.2, 0.25) is 0 Å². The second kappa shape index (κ2) is 6.69. The van der Waals surface area contributed by atoms with Crippen LogP contribution in [0, 0.1) is 5.82 Å². The highest BCUT2D eigenvalue weighted by Gasteiger charge is 2.07. The third-order valence-electron chi connectivity index (χ3n) is 3.12. The number of hydrogen-bond donors (Lipinski definition) is 1. The molecule has 1 atom stereocenters. The van der Waals surface area contributed by atoms with Crippen LogP contribution in [-0.4, -0.2) is 6.54 Å². The van der Waals surface area contributed by atoms with Crippen molar-refractivity contribution in [2.75, 3.05) is 6.54 Å². The molecule has 2 rings (SSSR count). The summed E-state index contributed by atoms with van der Waals surface area (Å²) in [7, 11) is 0. The Bertz CT molecular complexity index is 542. The molecule has 0 saturated carbocycles. The van der Waals surface area contributed by atoms with Crippen LogP contribution in [0.15, 0.2) is 48.5 Å². The van der Waals surface area contributed by atoms with E-state index in [9.17, 15) is 4.39 Å². The molecular formula is C16H17ClFN. The maximum Gasteiger partial charge on any atom is 0.123 e. The minimum absolute atomic E-state index is 0.183. The highest BCUT2D eigenvalue weighted by atomic mass is 35.5. The first-order valence-corrected chi connectivity index (χ1v) is 6.77. The van der Waals surface area contributed by atoms with Gasteiger partial charge in [0.15, 0.2) is 0 Å². The van der Waals surface area contributed by atoms with Gasteiger partial charge in [0.25, 0.3) is 0 Å². The van der Waals surface area contributed by atoms with Crippen molar-refractivity contribution < 1.29 is 4.39 Å². The Kier molecular flexibility index (Phi) is 4.94. The van der Waals surface area contributed by atoms with Gasteiger partial charge in [0, 0.05) is 11.1 Å². The van der Waals surface area contributed by atoms with Gasteiger partial charge in [0.05, 0.1) is 0 Å². The number of halogens is 2. The topological polar surface area (TPSA) is 12.0 Å². The fourth-order valence-electron chi connectivity index (χ4n) is 2.06. The van der Waals surface area contributed by atoms with Crippen molar-refractivity contribution in [2.45, 2.75) is 19.4 Å². The Morgan fingerprint density at radius 3 is 2.68 bits per heavy atom. The smallest absolute Gasteiger partial charge is 0.123 e. The minimum atomic E-state index is -0.184. The Morgan fingerprint density at radius 2 is 1.95 bits per heavy atom. The van der Waals surface area contributed by atoms with Crippen LogP contribution in [0.3, 0.4) is 0 Å². The van der Waals surface area contributed by atoms with E-state index in [1.54, 1.807) is 12.1 Å². The zero-order chi connectivity index (χ0) is 13.7. The first-order valence-electron chi connectivity index (χ1n) is 6.39. The van der Waals surface area contributed by atoms with Crippen molar-refractivity contribution in [1.29, 1.82) is 0 Å². The van der Waals surface area contributed by atoms with Crippen molar-refractivity contribution in [1.82, 2.24) is 5.32 Å². The van der Waals surface area contributed by atoms with E-state index in [1.807, 2.05) is 30.3 Å². The Balaban J connectivity index is 1.88. The molecule has 0 amide bonds. The molecule has 0 radical (unpaired) electrons. The maximum absolute atomic E-state index is 13.0. The lowest BCUT2D eigenvalue weighted by atomic mass is 10.1. The molecule has 2 aromatic carbocycles. The van der Waals surface area contributed by atoms with Gasteiger partial charge in [-0.3, -0.25) is 0 Å². The summed E-state index contributed by atoms with van der Waals surface area (Å²) in [5, 5.41) is 4.17. The van der Waals surface area contributed by atoms with Crippen LogP contribution in [0.25, 0.3) is 0 Å². The second-order valence-corrected chi connectivity index (χ2v) is 4.98. The summed E-state index contributed by atoms with van der Waals surface area (Å²) in [5.41, 5.74) is 2.09. The average molecular weight is 278 g/mol. The summed E-state index contributed by atoms with van der Waals surface area (Å²) in [6.07, 6.45) is 0.798. The molecule has 3 heteroatoms. The molecule has 2 aromatic rings. The maximum atomic E-state index is 13.0. The molecule has 0 aliphatic heterocycles. The number of benzene rings is 2. The van der Waals surface area contributed by atoms with E-state index < -0.39 is 0 Å². The number of hydrogen-bond acceptors (Lipinski definition) is 1. The summed E-state index contributed by atoms with van der Waals surface area (Å²) in [4.78, 5) is 0. The predicted octanol–water partition coefficient (Wildman–Crippen LogP) is 4.37. The number of nitrogens with one attached hydrogen (secondary N) is 1. The monoisotopic (exact) mass is 277 g/mol. The third-order valence-corrected chi connectivity index (χ3v) is 3.47. The first kappa shape index (κ1) is 14.0. The molecule has 0 heterocycles. The molecule has 0 bridgehead atoms. The highest BCUT2D eigenvalue weighted by molar-refractivity contribution is 6.31. The van der Waals surface area contributed by atoms with Gasteiger partial charge in [-0.2, -0.15) is 0 Å². The standard InChI is InChI=1S/C16H17ClFN/c1-12(15-7-2-3-8-16(15)17)19-10-9-13-5-4-6-14(18)11-13/h2-8,11-12,19H,9-10H2,1H3. The highest BCUT2D eigenvalue weighted by Crippen LogP contribution is 2.21. The fourth-order valence-corrected chi connectivity index (χ4v) is 2.36. The normalized spacial score (nSPS) is 12.4. The van der Waals surface area contributed by atoms with Crippen molar-refractivity contribution in [2.24, 2.45) is 0 Å². The molecule has 0 aliphatic carbocycles. The summed E-state index contributed by atoms with van der Waals surface area (Å²) in [6.45, 7) is 2.86. The van der Waals surface area contributed by atoms with Crippen LogP contribution in [0.1, 0.15) is 24.1 Å². The van der Waals surface area contributed by atoms with Crippen molar-refractivity contribution in [3.05, 3.63) is 70.5 Å². The summed E-state index contributed by atoms with van der Waals surface area (Å²) < 4.78 is 13.0. The fraction of sp³-hybridized carbons (Fsp3) is 0.250. The summed E-state index contributed by atoms with van der Waals surface area (Å²) in [6, 6.07) is 14.7. The molecule has 0 aliphatic rings. The zero-order valence-corrected chi connectivity index (χ0v) is 11.6. The van der Waals surface area contributed by atoms with Crippen LogP contribution in [0.5, 0.6) is 0 Å². The molecule has 100 valence electrons. The Hall–Kier alpha value is -1.38. The van der Waals surface area contributed by atoms with E-state index in [2.05, 4.69) is 12.2 Å². The molecular weight excluding hydrogens is 261 g/mol. The largest absolute Gasteiger partial charge is 0.310 e. The molecule has 0 aromatic heterocycles. The molecule has 1 nitrogen and oxygen atoms in total. The first-order chi connectivity index (χ1) is 9.16. The molecule has 19 heavy (non-hydrogen) atoms. The van der Waals surface area contributed by atoms with Crippen LogP contribution < -0.4 is 5.32 Å². The van der Waals surface area contributed by atoms with Crippen LogP contribution in [-0.2, 0) is 6.42 Å². The molecule has 1 N–H and O–H groups in total. The van der Waals surface area contributed by atoms with Crippen LogP contribution in [0.4, 0.5) is 4.39 Å². The Labute approximate surface area is 118 Å². The van der Waals surface area contributed by atoms with Crippen LogP contribution in [0.2, 0.25) is 5.02 Å². The number of rotatable bonds is 5. The predicted molar refractivity (Wildman–Crippen MR) is 78.0 cm³/mol. The second-order valence-electron chi connectivity index (χ2n) is 4.58. The SMILES string of the molecule is CC(NCCc1cccc(F)c1)c1ccccc1Cl. The third kappa shape index (κ3) is 4.05. The zero-order valence-electron chi connectivity index (χ0n) is 10.9. The van der Waals surface area contributed by atoms with Gasteiger partial charge in [-0.05, 0) is 49.2 Å². The van der Waals surface area contributed by atoms with Crippen LogP contribution >= 0.6 is 11.6 Å². The van der Waals surface area contributed by atoms with E-state index in [0.717, 1.165) is 29.1 Å². The molecule has 0 saturated heterocycles. The van der Waals surface area contributed by atoms with Gasteiger partial charge >= 0.3 is 0 Å². The van der Waals surface area contributed by atoms with Crippen molar-refractivity contribution >= 4 is 11.6 Å². The van der Waals surface area contributed by atoms with E-state index in [-0.39, 0.29) is 11.9 Å². The lowest BCUT2D eigenvalue weighted by Gasteiger charge is -2.15. The van der Waals surface area contributed by atoms with E-state index in [0.29, 0.717) is 0 Å². The van der Waals surface area contributed by atoms with Gasteiger partial charge in [-0.15, -0.1) is 0 Å². The van der Waals surface area contributed by atoms with Crippen molar-refractivity contribution in [3.63, 3.8) is 0 Å². The van der Waals surface area contributed by atoms with Gasteiger partial charge in [-0.25, -0.2) is 4.39 Å². The van der Waals surface area contributed by atoms with E-state index >= 15 is 0 Å². The minimum Gasteiger partial charge on any atom is -0.310 e. The molecule has 0 fully saturated rings. The van der Waals surface area contributed by atoms with E-state index in [1.165, 1.54) is 6.07 Å². The van der Waals surface area contributed by atoms with Gasteiger partial charge < -0.3 is 5.32 Å². The van der Waals surface area contributed by atoms with E-state index in [4.69, 9.17) is 11.6 Å². The average Bonchev–Trinajstić information content (AvgIpc) is 2.39. The Morgan fingerprint density at radius 1 is 1.16 bits per heavy atom. The van der Waals surface area contributed by atoms with Gasteiger partial charge in [0.1, 0.15) is 5.82 Å². The summed E-state index contributed by atoms with van der Waals surface area (Å²) >= 11 is 6.15. The summed E-state index contributed by atoms with van der Waals surface area (Å²) in [5.74, 6) is -0.184. The molecule has 1 unspecified atom stereocenters.